The van der Waals surface area contributed by atoms with Crippen molar-refractivity contribution in [2.24, 2.45) is 0 Å². The minimum absolute atomic E-state index is 0.0457. The lowest BCUT2D eigenvalue weighted by molar-refractivity contribution is -0.274. The van der Waals surface area contributed by atoms with Crippen LogP contribution in [0.15, 0.2) is 36.4 Å². The minimum Gasteiger partial charge on any atom is -0.435 e. The van der Waals surface area contributed by atoms with E-state index in [4.69, 9.17) is 0 Å². The minimum atomic E-state index is -4.81. The highest BCUT2D eigenvalue weighted by Crippen LogP contribution is 2.32. The first-order valence-corrected chi connectivity index (χ1v) is 7.82. The Labute approximate surface area is 155 Å². The summed E-state index contributed by atoms with van der Waals surface area (Å²) in [7, 11) is 0. The number of amides is 1. The van der Waals surface area contributed by atoms with Gasteiger partial charge < -0.3 is 14.4 Å². The van der Waals surface area contributed by atoms with Crippen molar-refractivity contribution in [1.29, 1.82) is 5.26 Å². The first-order chi connectivity index (χ1) is 13.2. The van der Waals surface area contributed by atoms with Crippen LogP contribution in [0.5, 0.6) is 11.5 Å². The Morgan fingerprint density at radius 1 is 1.14 bits per heavy atom. The zero-order valence-electron chi connectivity index (χ0n) is 14.0. The van der Waals surface area contributed by atoms with Crippen LogP contribution in [0.1, 0.15) is 27.0 Å². The quantitative estimate of drug-likeness (QED) is 0.708. The second-order valence-electron chi connectivity index (χ2n) is 5.85. The van der Waals surface area contributed by atoms with E-state index in [0.717, 1.165) is 18.2 Å². The Bertz CT molecular complexity index is 936. The molecule has 1 aliphatic heterocycles. The topological polar surface area (TPSA) is 62.6 Å². The van der Waals surface area contributed by atoms with Crippen molar-refractivity contribution in [3.8, 4) is 17.6 Å². The summed E-state index contributed by atoms with van der Waals surface area (Å²) in [5.74, 6) is -1.10. The molecule has 0 bridgehead atoms. The number of hydrogen-bond donors (Lipinski definition) is 0. The summed E-state index contributed by atoms with van der Waals surface area (Å²) in [6.45, 7) is -2.98. The van der Waals surface area contributed by atoms with Gasteiger partial charge >= 0.3 is 13.0 Å². The van der Waals surface area contributed by atoms with E-state index in [9.17, 15) is 32.0 Å². The molecule has 0 saturated carbocycles. The lowest BCUT2D eigenvalue weighted by Crippen LogP contribution is -2.23. The van der Waals surface area contributed by atoms with E-state index >= 15 is 0 Å². The van der Waals surface area contributed by atoms with Gasteiger partial charge in [-0.1, -0.05) is 12.1 Å². The molecule has 146 valence electrons. The standard InChI is InChI=1S/C18H11F5N2O3/c19-17(20)27-14-5-11(7-24)15-12(6-14)9-25(16(15)26)8-10-1-3-13(4-2-10)28-18(21,22)23/h1-6,17H,8-9H2. The van der Waals surface area contributed by atoms with Crippen LogP contribution in [0.25, 0.3) is 0 Å². The SMILES string of the molecule is N#Cc1cc(OC(F)F)cc2c1C(=O)N(Cc1ccc(OC(F)(F)F)cc1)C2. The van der Waals surface area contributed by atoms with E-state index in [1.807, 2.05) is 0 Å². The zero-order valence-corrected chi connectivity index (χ0v) is 14.0. The van der Waals surface area contributed by atoms with Crippen LogP contribution in [0.2, 0.25) is 0 Å². The number of carbonyl (C=O) groups is 1. The van der Waals surface area contributed by atoms with Crippen molar-refractivity contribution in [2.45, 2.75) is 26.1 Å². The molecule has 0 saturated heterocycles. The Morgan fingerprint density at radius 2 is 1.82 bits per heavy atom. The van der Waals surface area contributed by atoms with E-state index in [-0.39, 0.29) is 30.0 Å². The van der Waals surface area contributed by atoms with Crippen LogP contribution >= 0.6 is 0 Å². The molecule has 1 heterocycles. The molecule has 0 fully saturated rings. The first-order valence-electron chi connectivity index (χ1n) is 7.82. The predicted molar refractivity (Wildman–Crippen MR) is 84.5 cm³/mol. The van der Waals surface area contributed by atoms with Crippen LogP contribution in [0.4, 0.5) is 22.0 Å². The molecule has 0 spiro atoms. The number of fused-ring (bicyclic) bond motifs is 1. The molecule has 1 amide bonds. The van der Waals surface area contributed by atoms with Gasteiger partial charge in [0.05, 0.1) is 11.1 Å². The van der Waals surface area contributed by atoms with E-state index in [1.54, 1.807) is 6.07 Å². The summed E-state index contributed by atoms with van der Waals surface area (Å²) in [6, 6.07) is 9.09. The molecule has 0 aliphatic carbocycles. The number of hydrogen-bond acceptors (Lipinski definition) is 4. The molecule has 10 heteroatoms. The molecular formula is C18H11F5N2O3. The van der Waals surface area contributed by atoms with Crippen molar-refractivity contribution in [1.82, 2.24) is 4.90 Å². The first kappa shape index (κ1) is 19.4. The molecule has 0 unspecified atom stereocenters. The van der Waals surface area contributed by atoms with Gasteiger partial charge in [-0.3, -0.25) is 4.79 Å². The summed E-state index contributed by atoms with van der Waals surface area (Å²) in [4.78, 5) is 13.9. The van der Waals surface area contributed by atoms with Gasteiger partial charge in [0.15, 0.2) is 0 Å². The zero-order chi connectivity index (χ0) is 20.5. The highest BCUT2D eigenvalue weighted by atomic mass is 19.4. The number of rotatable bonds is 5. The Balaban J connectivity index is 1.78. The highest BCUT2D eigenvalue weighted by molar-refractivity contribution is 6.00. The molecule has 0 aromatic heterocycles. The molecular weight excluding hydrogens is 387 g/mol. The maximum absolute atomic E-state index is 12.6. The summed E-state index contributed by atoms with van der Waals surface area (Å²) >= 11 is 0. The van der Waals surface area contributed by atoms with Gasteiger partial charge in [-0.15, -0.1) is 13.2 Å². The molecule has 1 aliphatic rings. The van der Waals surface area contributed by atoms with E-state index in [0.29, 0.717) is 11.1 Å². The van der Waals surface area contributed by atoms with Crippen molar-refractivity contribution < 1.29 is 36.2 Å². The molecule has 2 aromatic rings. The maximum Gasteiger partial charge on any atom is 0.573 e. The third-order valence-corrected chi connectivity index (χ3v) is 3.93. The summed E-state index contributed by atoms with van der Waals surface area (Å²) in [6.07, 6.45) is -4.81. The highest BCUT2D eigenvalue weighted by Gasteiger charge is 2.32. The molecule has 3 rings (SSSR count). The van der Waals surface area contributed by atoms with Gasteiger partial charge in [0, 0.05) is 13.1 Å². The van der Waals surface area contributed by atoms with Crippen LogP contribution in [0.3, 0.4) is 0 Å². The number of alkyl halides is 5. The average Bonchev–Trinajstić information content (AvgIpc) is 2.90. The van der Waals surface area contributed by atoms with Crippen molar-refractivity contribution in [2.75, 3.05) is 0 Å². The number of nitrogens with zero attached hydrogens (tertiary/aromatic N) is 2. The second kappa shape index (κ2) is 7.34. The number of ether oxygens (including phenoxy) is 2. The van der Waals surface area contributed by atoms with Gasteiger partial charge in [0.1, 0.15) is 17.6 Å². The van der Waals surface area contributed by atoms with Crippen LogP contribution in [-0.2, 0) is 13.1 Å². The average molecular weight is 398 g/mol. The lowest BCUT2D eigenvalue weighted by atomic mass is 10.0. The smallest absolute Gasteiger partial charge is 0.435 e. The Morgan fingerprint density at radius 3 is 2.39 bits per heavy atom. The second-order valence-corrected chi connectivity index (χ2v) is 5.85. The lowest BCUT2D eigenvalue weighted by Gasteiger charge is -2.16. The molecule has 0 radical (unpaired) electrons. The van der Waals surface area contributed by atoms with Crippen LogP contribution in [0, 0.1) is 11.3 Å². The predicted octanol–water partition coefficient (Wildman–Crippen LogP) is 4.21. The summed E-state index contributed by atoms with van der Waals surface area (Å²) in [5.41, 5.74) is 0.894. The third-order valence-electron chi connectivity index (χ3n) is 3.93. The Kier molecular flexibility index (Phi) is 5.09. The number of benzene rings is 2. The molecule has 0 N–H and O–H groups in total. The van der Waals surface area contributed by atoms with Crippen LogP contribution in [-0.4, -0.2) is 23.8 Å². The van der Waals surface area contributed by atoms with Gasteiger partial charge in [0.25, 0.3) is 5.91 Å². The van der Waals surface area contributed by atoms with E-state index in [1.165, 1.54) is 23.1 Å². The molecule has 0 atom stereocenters. The third kappa shape index (κ3) is 4.31. The van der Waals surface area contributed by atoms with Gasteiger partial charge in [-0.25, -0.2) is 0 Å². The van der Waals surface area contributed by atoms with Gasteiger partial charge in [-0.05, 0) is 35.4 Å². The fraction of sp³-hybridized carbons (Fsp3) is 0.222. The number of carbonyl (C=O) groups excluding carboxylic acids is 1. The van der Waals surface area contributed by atoms with Gasteiger partial charge in [0.2, 0.25) is 0 Å². The monoisotopic (exact) mass is 398 g/mol. The van der Waals surface area contributed by atoms with E-state index in [2.05, 4.69) is 9.47 Å². The normalized spacial score (nSPS) is 13.5. The molecule has 28 heavy (non-hydrogen) atoms. The summed E-state index contributed by atoms with van der Waals surface area (Å²) in [5, 5.41) is 9.21. The van der Waals surface area contributed by atoms with Crippen molar-refractivity contribution in [3.05, 3.63) is 58.7 Å². The van der Waals surface area contributed by atoms with Crippen LogP contribution < -0.4 is 9.47 Å². The fourth-order valence-corrected chi connectivity index (χ4v) is 2.89. The van der Waals surface area contributed by atoms with E-state index < -0.39 is 24.6 Å². The molecule has 2 aromatic carbocycles. The molecule has 5 nitrogen and oxygen atoms in total. The summed E-state index contributed by atoms with van der Waals surface area (Å²) < 4.78 is 69.5. The van der Waals surface area contributed by atoms with Gasteiger partial charge in [-0.2, -0.15) is 14.0 Å². The van der Waals surface area contributed by atoms with Crippen molar-refractivity contribution >= 4 is 5.91 Å². The number of halogens is 5. The largest absolute Gasteiger partial charge is 0.573 e. The fourth-order valence-electron chi connectivity index (χ4n) is 2.89. The maximum atomic E-state index is 12.6. The Hall–Kier alpha value is -3.35. The number of nitriles is 1. The van der Waals surface area contributed by atoms with Crippen molar-refractivity contribution in [3.63, 3.8) is 0 Å².